The van der Waals surface area contributed by atoms with E-state index in [4.69, 9.17) is 10.5 Å². The summed E-state index contributed by atoms with van der Waals surface area (Å²) in [6.07, 6.45) is -10.2. The quantitative estimate of drug-likeness (QED) is 0.615. The third kappa shape index (κ3) is 5.81. The highest BCUT2D eigenvalue weighted by Crippen LogP contribution is 2.39. The minimum Gasteiger partial charge on any atom is -0.454 e. The molecule has 2 aromatic carbocycles. The van der Waals surface area contributed by atoms with E-state index in [2.05, 4.69) is 0 Å². The standard InChI is InChI=1S/C15H9F8NO.C2H6/c16-11-5-13(12(17)1-7(11)6-24)25-10-3-8(14(18,19)20)2-9(4-10)15(21,22)23;1-2/h1-5H,6,24H2;1-2H3. The van der Waals surface area contributed by atoms with Crippen LogP contribution >= 0.6 is 0 Å². The van der Waals surface area contributed by atoms with Crippen LogP contribution in [0.1, 0.15) is 30.5 Å². The van der Waals surface area contributed by atoms with Gasteiger partial charge in [0.1, 0.15) is 11.6 Å². The van der Waals surface area contributed by atoms with Crippen molar-refractivity contribution in [2.24, 2.45) is 5.73 Å². The van der Waals surface area contributed by atoms with Crippen LogP contribution in [0, 0.1) is 11.6 Å². The van der Waals surface area contributed by atoms with Crippen molar-refractivity contribution < 1.29 is 39.9 Å². The SMILES string of the molecule is CC.NCc1cc(F)c(Oc2cc(C(F)(F)F)cc(C(F)(F)F)c2)cc1F. The van der Waals surface area contributed by atoms with Gasteiger partial charge in [-0.25, -0.2) is 8.78 Å². The smallest absolute Gasteiger partial charge is 0.416 e. The summed E-state index contributed by atoms with van der Waals surface area (Å²) < 4.78 is 109. The van der Waals surface area contributed by atoms with Crippen molar-refractivity contribution in [1.29, 1.82) is 0 Å². The molecule has 2 rings (SSSR count). The van der Waals surface area contributed by atoms with Gasteiger partial charge in [0.25, 0.3) is 0 Å². The molecule has 0 saturated carbocycles. The zero-order valence-electron chi connectivity index (χ0n) is 14.1. The summed E-state index contributed by atoms with van der Waals surface area (Å²) in [6.45, 7) is 3.64. The van der Waals surface area contributed by atoms with E-state index in [-0.39, 0.29) is 30.3 Å². The Balaban J connectivity index is 0.00000176. The van der Waals surface area contributed by atoms with Gasteiger partial charge in [-0.2, -0.15) is 26.3 Å². The molecule has 10 heteroatoms. The first-order valence-corrected chi connectivity index (χ1v) is 7.57. The summed E-state index contributed by atoms with van der Waals surface area (Å²) >= 11 is 0. The highest BCUT2D eigenvalue weighted by Gasteiger charge is 2.37. The molecule has 2 nitrogen and oxygen atoms in total. The molecule has 0 spiro atoms. The molecule has 0 atom stereocenters. The number of nitrogens with two attached hydrogens (primary N) is 1. The maximum absolute atomic E-state index is 13.8. The molecule has 0 aliphatic heterocycles. The van der Waals surface area contributed by atoms with E-state index >= 15 is 0 Å². The number of alkyl halides is 6. The molecule has 0 aliphatic carbocycles. The Morgan fingerprint density at radius 2 is 1.26 bits per heavy atom. The van der Waals surface area contributed by atoms with E-state index in [1.165, 1.54) is 0 Å². The number of benzene rings is 2. The predicted molar refractivity (Wildman–Crippen MR) is 82.1 cm³/mol. The van der Waals surface area contributed by atoms with Crippen molar-refractivity contribution in [3.8, 4) is 11.5 Å². The average molecular weight is 401 g/mol. The first kappa shape index (κ1) is 22.7. The van der Waals surface area contributed by atoms with Gasteiger partial charge in [-0.1, -0.05) is 13.8 Å². The Kier molecular flexibility index (Phi) is 7.18. The summed E-state index contributed by atoms with van der Waals surface area (Å²) in [5, 5.41) is 0. The first-order valence-electron chi connectivity index (χ1n) is 7.57. The maximum Gasteiger partial charge on any atom is 0.416 e. The van der Waals surface area contributed by atoms with Gasteiger partial charge in [-0.15, -0.1) is 0 Å². The van der Waals surface area contributed by atoms with E-state index in [1.807, 2.05) is 13.8 Å². The predicted octanol–water partition coefficient (Wildman–Crippen LogP) is 6.28. The third-order valence-corrected chi connectivity index (χ3v) is 3.11. The summed E-state index contributed by atoms with van der Waals surface area (Å²) in [5.74, 6) is -4.02. The Morgan fingerprint density at radius 1 is 0.778 bits per heavy atom. The van der Waals surface area contributed by atoms with Crippen molar-refractivity contribution in [2.45, 2.75) is 32.7 Å². The lowest BCUT2D eigenvalue weighted by molar-refractivity contribution is -0.143. The van der Waals surface area contributed by atoms with Crippen LogP contribution < -0.4 is 10.5 Å². The van der Waals surface area contributed by atoms with Crippen molar-refractivity contribution in [1.82, 2.24) is 0 Å². The van der Waals surface area contributed by atoms with Gasteiger partial charge < -0.3 is 10.5 Å². The summed E-state index contributed by atoms with van der Waals surface area (Å²) in [5.41, 5.74) is 1.64. The summed E-state index contributed by atoms with van der Waals surface area (Å²) in [6, 6.07) is 1.53. The normalized spacial score (nSPS) is 11.7. The van der Waals surface area contributed by atoms with Crippen LogP contribution in [-0.4, -0.2) is 0 Å². The molecule has 0 fully saturated rings. The Morgan fingerprint density at radius 3 is 1.67 bits per heavy atom. The minimum atomic E-state index is -5.09. The topological polar surface area (TPSA) is 35.2 Å². The number of hydrogen-bond donors (Lipinski definition) is 1. The zero-order chi connectivity index (χ0) is 21.0. The Labute approximate surface area is 149 Å². The van der Waals surface area contributed by atoms with Crippen LogP contribution in [0.15, 0.2) is 30.3 Å². The molecular formula is C17H15F8NO. The fourth-order valence-corrected chi connectivity index (χ4v) is 1.92. The van der Waals surface area contributed by atoms with Crippen LogP contribution in [0.2, 0.25) is 0 Å². The molecule has 2 N–H and O–H groups in total. The highest BCUT2D eigenvalue weighted by molar-refractivity contribution is 5.41. The lowest BCUT2D eigenvalue weighted by atomic mass is 10.1. The summed E-state index contributed by atoms with van der Waals surface area (Å²) in [4.78, 5) is 0. The zero-order valence-corrected chi connectivity index (χ0v) is 14.1. The number of halogens is 8. The monoisotopic (exact) mass is 401 g/mol. The molecular weight excluding hydrogens is 386 g/mol. The van der Waals surface area contributed by atoms with Gasteiger partial charge in [-0.05, 0) is 24.3 Å². The van der Waals surface area contributed by atoms with Gasteiger partial charge in [0, 0.05) is 18.2 Å². The van der Waals surface area contributed by atoms with E-state index in [9.17, 15) is 35.1 Å². The number of hydrogen-bond acceptors (Lipinski definition) is 2. The van der Waals surface area contributed by atoms with Gasteiger partial charge in [0.2, 0.25) is 0 Å². The van der Waals surface area contributed by atoms with Crippen molar-refractivity contribution in [3.63, 3.8) is 0 Å². The number of ether oxygens (including phenoxy) is 1. The average Bonchev–Trinajstić information content (AvgIpc) is 2.58. The van der Waals surface area contributed by atoms with Crippen LogP contribution in [0.4, 0.5) is 35.1 Å². The molecule has 0 amide bonds. The lowest BCUT2D eigenvalue weighted by Gasteiger charge is -2.15. The maximum atomic E-state index is 13.8. The molecule has 0 aromatic heterocycles. The first-order chi connectivity index (χ1) is 12.4. The Hall–Kier alpha value is -2.36. The van der Waals surface area contributed by atoms with Gasteiger partial charge in [0.15, 0.2) is 11.6 Å². The lowest BCUT2D eigenvalue weighted by Crippen LogP contribution is -2.11. The highest BCUT2D eigenvalue weighted by atomic mass is 19.4. The molecule has 0 heterocycles. The fraction of sp³-hybridized carbons (Fsp3) is 0.294. The van der Waals surface area contributed by atoms with Crippen LogP contribution in [0.3, 0.4) is 0 Å². The van der Waals surface area contributed by atoms with Crippen molar-refractivity contribution in [2.75, 3.05) is 0 Å². The molecule has 150 valence electrons. The van der Waals surface area contributed by atoms with Crippen molar-refractivity contribution >= 4 is 0 Å². The molecule has 0 aliphatic rings. The second-order valence-corrected chi connectivity index (χ2v) is 4.92. The molecule has 0 unspecified atom stereocenters. The minimum absolute atomic E-state index is 0.110. The largest absolute Gasteiger partial charge is 0.454 e. The molecule has 27 heavy (non-hydrogen) atoms. The van der Waals surface area contributed by atoms with Crippen molar-refractivity contribution in [3.05, 3.63) is 58.7 Å². The van der Waals surface area contributed by atoms with Crippen LogP contribution in [0.25, 0.3) is 0 Å². The molecule has 2 aromatic rings. The fourth-order valence-electron chi connectivity index (χ4n) is 1.92. The van der Waals surface area contributed by atoms with E-state index in [0.717, 1.165) is 0 Å². The molecule has 0 saturated heterocycles. The third-order valence-electron chi connectivity index (χ3n) is 3.11. The van der Waals surface area contributed by atoms with Crippen LogP contribution in [-0.2, 0) is 18.9 Å². The number of rotatable bonds is 3. The van der Waals surface area contributed by atoms with Gasteiger partial charge in [0.05, 0.1) is 11.1 Å². The second kappa shape index (κ2) is 8.55. The summed E-state index contributed by atoms with van der Waals surface area (Å²) in [7, 11) is 0. The van der Waals surface area contributed by atoms with E-state index in [0.29, 0.717) is 12.1 Å². The van der Waals surface area contributed by atoms with Gasteiger partial charge in [-0.3, -0.25) is 0 Å². The van der Waals surface area contributed by atoms with E-state index in [1.54, 1.807) is 0 Å². The molecule has 0 bridgehead atoms. The second-order valence-electron chi connectivity index (χ2n) is 4.92. The molecule has 0 radical (unpaired) electrons. The Bertz CT molecular complexity index is 751. The van der Waals surface area contributed by atoms with E-state index < -0.39 is 46.6 Å². The van der Waals surface area contributed by atoms with Gasteiger partial charge >= 0.3 is 12.4 Å². The van der Waals surface area contributed by atoms with Crippen LogP contribution in [0.5, 0.6) is 11.5 Å².